The predicted octanol–water partition coefficient (Wildman–Crippen LogP) is 5.03. The average Bonchev–Trinajstić information content (AvgIpc) is 3.70. The van der Waals surface area contributed by atoms with Crippen LogP contribution in [0.2, 0.25) is 5.02 Å². The van der Waals surface area contributed by atoms with Crippen molar-refractivity contribution in [1.29, 1.82) is 0 Å². The summed E-state index contributed by atoms with van der Waals surface area (Å²) in [4.78, 5) is 9.24. The van der Waals surface area contributed by atoms with E-state index in [1.54, 1.807) is 23.4 Å². The number of halogens is 1. The van der Waals surface area contributed by atoms with Crippen LogP contribution in [0.15, 0.2) is 43.1 Å². The Bertz CT molecular complexity index is 1460. The minimum absolute atomic E-state index is 0.187. The molecule has 1 aromatic carbocycles. The highest BCUT2D eigenvalue weighted by molar-refractivity contribution is 6.32. The number of ether oxygens (including phenoxy) is 2. The number of nitrogens with one attached hydrogen (secondary N) is 2. The Balaban J connectivity index is 1.11. The average molecular weight is 607 g/mol. The molecule has 0 spiro atoms. The number of tetrazole rings is 1. The van der Waals surface area contributed by atoms with Crippen LogP contribution in [0.1, 0.15) is 64.1 Å². The van der Waals surface area contributed by atoms with Gasteiger partial charge in [-0.15, -0.1) is 5.10 Å². The van der Waals surface area contributed by atoms with Crippen LogP contribution in [0.4, 0.5) is 11.6 Å². The second-order valence-corrected chi connectivity index (χ2v) is 12.2. The van der Waals surface area contributed by atoms with E-state index in [-0.39, 0.29) is 12.0 Å². The quantitative estimate of drug-likeness (QED) is 0.253. The summed E-state index contributed by atoms with van der Waals surface area (Å²) in [5.41, 5.74) is 3.73. The summed E-state index contributed by atoms with van der Waals surface area (Å²) < 4.78 is 15.9. The molecule has 1 saturated heterocycles. The molecule has 4 aromatic rings. The topological polar surface area (TPSA) is 130 Å². The third-order valence-corrected chi connectivity index (χ3v) is 8.54. The molecule has 3 aromatic heterocycles. The third kappa shape index (κ3) is 7.14. The van der Waals surface area contributed by atoms with E-state index in [2.05, 4.69) is 60.9 Å². The molecule has 0 bridgehead atoms. The van der Waals surface area contributed by atoms with Gasteiger partial charge in [-0.3, -0.25) is 4.68 Å². The zero-order valence-electron chi connectivity index (χ0n) is 24.9. The zero-order chi connectivity index (χ0) is 29.8. The van der Waals surface area contributed by atoms with Gasteiger partial charge in [-0.1, -0.05) is 31.5 Å². The molecule has 2 atom stereocenters. The fourth-order valence-corrected chi connectivity index (χ4v) is 6.12. The highest BCUT2D eigenvalue weighted by Gasteiger charge is 2.31. The van der Waals surface area contributed by atoms with Crippen molar-refractivity contribution in [2.24, 2.45) is 5.92 Å². The lowest BCUT2D eigenvalue weighted by molar-refractivity contribution is -0.0229. The van der Waals surface area contributed by atoms with Crippen molar-refractivity contribution in [2.75, 3.05) is 25.0 Å². The second-order valence-electron chi connectivity index (χ2n) is 11.8. The molecule has 2 aliphatic rings. The van der Waals surface area contributed by atoms with Gasteiger partial charge in [0.05, 0.1) is 41.7 Å². The van der Waals surface area contributed by atoms with Gasteiger partial charge in [0.15, 0.2) is 0 Å². The first-order valence-electron chi connectivity index (χ1n) is 15.1. The molecule has 4 heterocycles. The van der Waals surface area contributed by atoms with Crippen molar-refractivity contribution in [3.05, 3.63) is 53.8 Å². The molecule has 2 unspecified atom stereocenters. The summed E-state index contributed by atoms with van der Waals surface area (Å²) >= 11 is 6.44. The summed E-state index contributed by atoms with van der Waals surface area (Å²) in [5, 5.41) is 23.6. The SMILES string of the molecule is CC(Cn1cnnn1)Oc1cc(-c2cnc(Nc3cn([C@H]4CC[C@H](C5CNCCO5)CC4)nc3C(C)C)nc2)ccc1Cl. The molecule has 0 amide bonds. The number of hydrogen-bond donors (Lipinski definition) is 2. The lowest BCUT2D eigenvalue weighted by atomic mass is 9.82. The third-order valence-electron chi connectivity index (χ3n) is 8.23. The van der Waals surface area contributed by atoms with E-state index in [0.29, 0.717) is 41.3 Å². The maximum Gasteiger partial charge on any atom is 0.227 e. The Morgan fingerprint density at radius 1 is 1.12 bits per heavy atom. The molecule has 2 N–H and O–H groups in total. The molecule has 13 heteroatoms. The highest BCUT2D eigenvalue weighted by atomic mass is 35.5. The van der Waals surface area contributed by atoms with Crippen LogP contribution < -0.4 is 15.4 Å². The zero-order valence-corrected chi connectivity index (χ0v) is 25.6. The van der Waals surface area contributed by atoms with Crippen LogP contribution in [0.5, 0.6) is 5.75 Å². The van der Waals surface area contributed by atoms with Crippen molar-refractivity contribution < 1.29 is 9.47 Å². The van der Waals surface area contributed by atoms with Crippen LogP contribution in [-0.4, -0.2) is 71.9 Å². The molecule has 43 heavy (non-hydrogen) atoms. The number of aromatic nitrogens is 8. The first-order valence-corrected chi connectivity index (χ1v) is 15.5. The molecule has 12 nitrogen and oxygen atoms in total. The van der Waals surface area contributed by atoms with Crippen LogP contribution in [0, 0.1) is 5.92 Å². The summed E-state index contributed by atoms with van der Waals surface area (Å²) in [6, 6.07) is 6.04. The van der Waals surface area contributed by atoms with Gasteiger partial charge in [0.1, 0.15) is 18.2 Å². The summed E-state index contributed by atoms with van der Waals surface area (Å²) in [6.07, 6.45) is 12.0. The Morgan fingerprint density at radius 3 is 2.63 bits per heavy atom. The Hall–Kier alpha value is -3.61. The second kappa shape index (κ2) is 13.4. The maximum absolute atomic E-state index is 6.44. The smallest absolute Gasteiger partial charge is 0.227 e. The van der Waals surface area contributed by atoms with Crippen LogP contribution >= 0.6 is 11.6 Å². The standard InChI is InChI=1S/C30H39ClN10O2/c1-19(2)29-26(17-41(37-29)24-7-4-21(5-8-24)28-15-32-10-11-42-28)36-30-33-13-23(14-34-30)22-6-9-25(31)27(12-22)43-20(3)16-40-18-35-38-39-40/h6,9,12-14,17-21,24,28,32H,4-5,7-8,10-11,15-16H2,1-3H3,(H,33,34,36)/t20?,21-,24-,28?. The van der Waals surface area contributed by atoms with Gasteiger partial charge < -0.3 is 20.1 Å². The maximum atomic E-state index is 6.44. The molecular formula is C30H39ClN10O2. The van der Waals surface area contributed by atoms with Crippen molar-refractivity contribution >= 4 is 23.2 Å². The first kappa shape index (κ1) is 29.5. The fraction of sp³-hybridized carbons (Fsp3) is 0.533. The molecule has 1 saturated carbocycles. The lowest BCUT2D eigenvalue weighted by Gasteiger charge is -2.36. The van der Waals surface area contributed by atoms with Crippen molar-refractivity contribution in [3.8, 4) is 16.9 Å². The fourth-order valence-electron chi connectivity index (χ4n) is 5.96. The van der Waals surface area contributed by atoms with E-state index < -0.39 is 0 Å². The van der Waals surface area contributed by atoms with Gasteiger partial charge in [-0.2, -0.15) is 5.10 Å². The van der Waals surface area contributed by atoms with Crippen LogP contribution in [-0.2, 0) is 11.3 Å². The van der Waals surface area contributed by atoms with Crippen molar-refractivity contribution in [2.45, 2.75) is 77.2 Å². The van der Waals surface area contributed by atoms with Crippen LogP contribution in [0.3, 0.4) is 0 Å². The van der Waals surface area contributed by atoms with Gasteiger partial charge in [0.25, 0.3) is 0 Å². The predicted molar refractivity (Wildman–Crippen MR) is 164 cm³/mol. The number of benzene rings is 1. The van der Waals surface area contributed by atoms with E-state index in [4.69, 9.17) is 26.2 Å². The van der Waals surface area contributed by atoms with Gasteiger partial charge in [-0.05, 0) is 72.6 Å². The molecule has 1 aliphatic carbocycles. The number of rotatable bonds is 10. The normalized spacial score (nSPS) is 21.6. The van der Waals surface area contributed by atoms with Gasteiger partial charge in [0, 0.05) is 37.2 Å². The van der Waals surface area contributed by atoms with Gasteiger partial charge in [0.2, 0.25) is 5.95 Å². The Labute approximate surface area is 256 Å². The minimum Gasteiger partial charge on any atom is -0.487 e. The molecule has 228 valence electrons. The lowest BCUT2D eigenvalue weighted by Crippen LogP contribution is -2.43. The summed E-state index contributed by atoms with van der Waals surface area (Å²) in [6.45, 7) is 9.51. The van der Waals surface area contributed by atoms with Gasteiger partial charge >= 0.3 is 0 Å². The van der Waals surface area contributed by atoms with E-state index in [0.717, 1.165) is 67.9 Å². The van der Waals surface area contributed by atoms with Crippen molar-refractivity contribution in [3.63, 3.8) is 0 Å². The number of morpholine rings is 1. The monoisotopic (exact) mass is 606 g/mol. The molecule has 1 aliphatic heterocycles. The van der Waals surface area contributed by atoms with E-state index >= 15 is 0 Å². The van der Waals surface area contributed by atoms with Crippen LogP contribution in [0.25, 0.3) is 11.1 Å². The van der Waals surface area contributed by atoms with Gasteiger partial charge in [-0.25, -0.2) is 14.6 Å². The molecule has 6 rings (SSSR count). The summed E-state index contributed by atoms with van der Waals surface area (Å²) in [5.74, 6) is 1.98. The first-order chi connectivity index (χ1) is 20.9. The number of anilines is 2. The Morgan fingerprint density at radius 2 is 1.93 bits per heavy atom. The van der Waals surface area contributed by atoms with E-state index in [1.807, 2.05) is 25.1 Å². The van der Waals surface area contributed by atoms with E-state index in [9.17, 15) is 0 Å². The Kier molecular flexibility index (Phi) is 9.15. The highest BCUT2D eigenvalue weighted by Crippen LogP contribution is 2.37. The molecular weight excluding hydrogens is 568 g/mol. The molecule has 0 radical (unpaired) electrons. The number of hydrogen-bond acceptors (Lipinski definition) is 10. The number of nitrogens with zero attached hydrogens (tertiary/aromatic N) is 8. The van der Waals surface area contributed by atoms with Crippen molar-refractivity contribution in [1.82, 2.24) is 45.3 Å². The minimum atomic E-state index is -0.187. The summed E-state index contributed by atoms with van der Waals surface area (Å²) in [7, 11) is 0. The largest absolute Gasteiger partial charge is 0.487 e. The van der Waals surface area contributed by atoms with E-state index in [1.165, 1.54) is 0 Å². The molecule has 2 fully saturated rings.